The van der Waals surface area contributed by atoms with Gasteiger partial charge in [0.25, 0.3) is 0 Å². The quantitative estimate of drug-likeness (QED) is 0.901. The van der Waals surface area contributed by atoms with Gasteiger partial charge in [0, 0.05) is 16.0 Å². The first kappa shape index (κ1) is 11.7. The van der Waals surface area contributed by atoms with Crippen LogP contribution in [0.2, 0.25) is 0 Å². The number of carboxylic acid groups (broad SMARTS) is 1. The van der Waals surface area contributed by atoms with Gasteiger partial charge >= 0.3 is 5.97 Å². The van der Waals surface area contributed by atoms with Crippen molar-refractivity contribution in [2.75, 3.05) is 0 Å². The molecule has 0 aliphatic carbocycles. The molecule has 2 rings (SSSR count). The van der Waals surface area contributed by atoms with Gasteiger partial charge in [-0.3, -0.25) is 0 Å². The van der Waals surface area contributed by atoms with Crippen LogP contribution < -0.4 is 0 Å². The molecule has 0 saturated heterocycles. The highest BCUT2D eigenvalue weighted by Gasteiger charge is 2.12. The predicted octanol–water partition coefficient (Wildman–Crippen LogP) is 3.24. The Morgan fingerprint density at radius 2 is 1.88 bits per heavy atom. The fourth-order valence-electron chi connectivity index (χ4n) is 1.42. The number of rotatable bonds is 3. The number of nitrogens with zero attached hydrogens (tertiary/aromatic N) is 1. The molecule has 0 atom stereocenters. The lowest BCUT2D eigenvalue weighted by Gasteiger charge is -2.06. The summed E-state index contributed by atoms with van der Waals surface area (Å²) in [4.78, 5) is 16.6. The molecule has 86 valence electrons. The van der Waals surface area contributed by atoms with Gasteiger partial charge in [-0.05, 0) is 30.7 Å². The molecule has 0 saturated carbocycles. The Kier molecular flexibility index (Phi) is 3.44. The van der Waals surface area contributed by atoms with E-state index in [9.17, 15) is 4.79 Å². The molecule has 1 aromatic carbocycles. The van der Waals surface area contributed by atoms with E-state index in [2.05, 4.69) is 4.98 Å². The zero-order valence-electron chi connectivity index (χ0n) is 9.25. The summed E-state index contributed by atoms with van der Waals surface area (Å²) in [6, 6.07) is 11.4. The van der Waals surface area contributed by atoms with Gasteiger partial charge in [0.2, 0.25) is 0 Å². The fraction of sp³-hybridized carbons (Fsp3) is 0.0769. The minimum absolute atomic E-state index is 0.0979. The van der Waals surface area contributed by atoms with Gasteiger partial charge in [-0.15, -0.1) is 0 Å². The van der Waals surface area contributed by atoms with Gasteiger partial charge in [-0.1, -0.05) is 30.0 Å². The van der Waals surface area contributed by atoms with E-state index in [0.29, 0.717) is 4.90 Å². The highest BCUT2D eigenvalue weighted by atomic mass is 32.2. The first-order valence-electron chi connectivity index (χ1n) is 5.10. The topological polar surface area (TPSA) is 50.2 Å². The van der Waals surface area contributed by atoms with Crippen LogP contribution in [-0.2, 0) is 0 Å². The largest absolute Gasteiger partial charge is 0.476 e. The number of aromatic nitrogens is 1. The van der Waals surface area contributed by atoms with Gasteiger partial charge in [0.1, 0.15) is 0 Å². The Balaban J connectivity index is 2.37. The van der Waals surface area contributed by atoms with Crippen molar-refractivity contribution in [1.29, 1.82) is 0 Å². The number of benzene rings is 1. The Morgan fingerprint density at radius 3 is 2.59 bits per heavy atom. The average Bonchev–Trinajstić information content (AvgIpc) is 2.32. The molecular formula is C13H11NO2S. The molecule has 0 bridgehead atoms. The number of aromatic carboxylic acids is 1. The lowest BCUT2D eigenvalue weighted by Crippen LogP contribution is -2.01. The number of carbonyl (C=O) groups is 1. The standard InChI is InChI=1S/C13H11NO2S/c1-9-5-2-3-6-10(9)17-11-7-4-8-14-12(11)13(15)16/h2-8H,1H3,(H,15,16). The predicted molar refractivity (Wildman–Crippen MR) is 66.5 cm³/mol. The first-order valence-corrected chi connectivity index (χ1v) is 5.92. The van der Waals surface area contributed by atoms with Gasteiger partial charge in [-0.25, -0.2) is 9.78 Å². The average molecular weight is 245 g/mol. The zero-order chi connectivity index (χ0) is 12.3. The van der Waals surface area contributed by atoms with Gasteiger partial charge in [-0.2, -0.15) is 0 Å². The molecule has 1 heterocycles. The lowest BCUT2D eigenvalue weighted by molar-refractivity contribution is 0.0686. The molecule has 0 unspecified atom stereocenters. The lowest BCUT2D eigenvalue weighted by atomic mass is 10.2. The summed E-state index contributed by atoms with van der Waals surface area (Å²) in [5, 5.41) is 9.04. The van der Waals surface area contributed by atoms with Crippen LogP contribution in [0.3, 0.4) is 0 Å². The zero-order valence-corrected chi connectivity index (χ0v) is 10.1. The number of carboxylic acids is 1. The summed E-state index contributed by atoms with van der Waals surface area (Å²) in [7, 11) is 0. The summed E-state index contributed by atoms with van der Waals surface area (Å²) in [6.45, 7) is 2.00. The summed E-state index contributed by atoms with van der Waals surface area (Å²) in [5.74, 6) is -0.998. The van der Waals surface area contributed by atoms with E-state index in [4.69, 9.17) is 5.11 Å². The van der Waals surface area contributed by atoms with Crippen LogP contribution in [0.5, 0.6) is 0 Å². The summed E-state index contributed by atoms with van der Waals surface area (Å²) in [5.41, 5.74) is 1.22. The molecule has 3 nitrogen and oxygen atoms in total. The maximum Gasteiger partial charge on any atom is 0.355 e. The van der Waals surface area contributed by atoms with Crippen LogP contribution in [0.15, 0.2) is 52.4 Å². The third-order valence-corrected chi connectivity index (χ3v) is 3.51. The Labute approximate surface area is 104 Å². The Bertz CT molecular complexity index is 555. The molecule has 0 spiro atoms. The minimum atomic E-state index is -0.998. The third kappa shape index (κ3) is 2.65. The van der Waals surface area contributed by atoms with Gasteiger partial charge < -0.3 is 5.11 Å². The van der Waals surface area contributed by atoms with E-state index in [0.717, 1.165) is 10.5 Å². The maximum atomic E-state index is 11.0. The first-order chi connectivity index (χ1) is 8.18. The smallest absolute Gasteiger partial charge is 0.355 e. The van der Waals surface area contributed by atoms with Crippen molar-refractivity contribution in [3.8, 4) is 0 Å². The summed E-state index contributed by atoms with van der Waals surface area (Å²) < 4.78 is 0. The molecule has 0 aliphatic rings. The third-order valence-electron chi connectivity index (χ3n) is 2.29. The second kappa shape index (κ2) is 5.01. The summed E-state index contributed by atoms with van der Waals surface area (Å²) in [6.07, 6.45) is 1.49. The van der Waals surface area contributed by atoms with Crippen molar-refractivity contribution in [2.45, 2.75) is 16.7 Å². The van der Waals surface area contributed by atoms with Gasteiger partial charge in [0.05, 0.1) is 0 Å². The Morgan fingerprint density at radius 1 is 1.18 bits per heavy atom. The van der Waals surface area contributed by atoms with Crippen molar-refractivity contribution in [2.24, 2.45) is 0 Å². The van der Waals surface area contributed by atoms with Crippen LogP contribution in [0.25, 0.3) is 0 Å². The Hall–Kier alpha value is -1.81. The van der Waals surface area contributed by atoms with Crippen molar-refractivity contribution < 1.29 is 9.90 Å². The van der Waals surface area contributed by atoms with E-state index in [1.165, 1.54) is 18.0 Å². The van der Waals surface area contributed by atoms with E-state index in [1.807, 2.05) is 31.2 Å². The number of aryl methyl sites for hydroxylation is 1. The number of hydrogen-bond donors (Lipinski definition) is 1. The van der Waals surface area contributed by atoms with Crippen LogP contribution in [0.1, 0.15) is 16.1 Å². The van der Waals surface area contributed by atoms with E-state index in [-0.39, 0.29) is 5.69 Å². The molecular weight excluding hydrogens is 234 g/mol. The fourth-order valence-corrected chi connectivity index (χ4v) is 2.42. The van der Waals surface area contributed by atoms with Crippen LogP contribution in [0, 0.1) is 6.92 Å². The molecule has 17 heavy (non-hydrogen) atoms. The molecule has 0 fully saturated rings. The minimum Gasteiger partial charge on any atom is -0.476 e. The highest BCUT2D eigenvalue weighted by molar-refractivity contribution is 7.99. The monoisotopic (exact) mass is 245 g/mol. The van der Waals surface area contributed by atoms with Crippen molar-refractivity contribution in [3.63, 3.8) is 0 Å². The maximum absolute atomic E-state index is 11.0. The van der Waals surface area contributed by atoms with E-state index < -0.39 is 5.97 Å². The van der Waals surface area contributed by atoms with Crippen LogP contribution >= 0.6 is 11.8 Å². The second-order valence-electron chi connectivity index (χ2n) is 3.52. The van der Waals surface area contributed by atoms with Crippen molar-refractivity contribution >= 4 is 17.7 Å². The van der Waals surface area contributed by atoms with Crippen LogP contribution in [-0.4, -0.2) is 16.1 Å². The number of pyridine rings is 1. The van der Waals surface area contributed by atoms with Crippen molar-refractivity contribution in [1.82, 2.24) is 4.98 Å². The summed E-state index contributed by atoms with van der Waals surface area (Å²) >= 11 is 1.43. The van der Waals surface area contributed by atoms with Crippen LogP contribution in [0.4, 0.5) is 0 Å². The molecule has 1 N–H and O–H groups in total. The SMILES string of the molecule is Cc1ccccc1Sc1cccnc1C(=O)O. The molecule has 0 radical (unpaired) electrons. The normalized spacial score (nSPS) is 10.2. The number of hydrogen-bond acceptors (Lipinski definition) is 3. The van der Waals surface area contributed by atoms with E-state index in [1.54, 1.807) is 12.1 Å². The molecule has 2 aromatic rings. The molecule has 4 heteroatoms. The highest BCUT2D eigenvalue weighted by Crippen LogP contribution is 2.31. The molecule has 0 aliphatic heterocycles. The van der Waals surface area contributed by atoms with Crippen molar-refractivity contribution in [3.05, 3.63) is 53.9 Å². The molecule has 0 amide bonds. The molecule has 1 aromatic heterocycles. The van der Waals surface area contributed by atoms with E-state index >= 15 is 0 Å². The second-order valence-corrected chi connectivity index (χ2v) is 4.61. The van der Waals surface area contributed by atoms with Gasteiger partial charge in [0.15, 0.2) is 5.69 Å².